The van der Waals surface area contributed by atoms with Gasteiger partial charge < -0.3 is 9.80 Å². The van der Waals surface area contributed by atoms with Crippen molar-refractivity contribution >= 4 is 55.7 Å². The molecule has 61 heavy (non-hydrogen) atoms. The molecule has 0 radical (unpaired) electrons. The highest BCUT2D eigenvalue weighted by Crippen LogP contribution is 2.55. The number of fused-ring (bicyclic) bond motifs is 8. The average molecular weight is 781 g/mol. The lowest BCUT2D eigenvalue weighted by molar-refractivity contribution is 0.667. The maximum atomic E-state index is 2.45. The fourth-order valence-corrected chi connectivity index (χ4v) is 9.70. The highest BCUT2D eigenvalue weighted by molar-refractivity contribution is 6.19. The molecule has 0 saturated carbocycles. The van der Waals surface area contributed by atoms with Crippen molar-refractivity contribution < 1.29 is 0 Å². The molecular weight excluding hydrogens is 737 g/mol. The van der Waals surface area contributed by atoms with Gasteiger partial charge in [0.25, 0.3) is 0 Å². The lowest BCUT2D eigenvalue weighted by atomic mass is 9.78. The largest absolute Gasteiger partial charge is 0.311 e. The molecule has 0 unspecified atom stereocenters. The van der Waals surface area contributed by atoms with Gasteiger partial charge in [0, 0.05) is 39.5 Å². The Kier molecular flexibility index (Phi) is 8.86. The topological polar surface area (TPSA) is 6.48 Å². The van der Waals surface area contributed by atoms with Gasteiger partial charge in [0.1, 0.15) is 0 Å². The Morgan fingerprint density at radius 1 is 0.295 bits per heavy atom. The average Bonchev–Trinajstić information content (AvgIpc) is 3.57. The van der Waals surface area contributed by atoms with E-state index in [-0.39, 0.29) is 5.41 Å². The van der Waals surface area contributed by atoms with Crippen LogP contribution in [0.3, 0.4) is 0 Å². The molecule has 0 aromatic heterocycles. The van der Waals surface area contributed by atoms with E-state index in [0.29, 0.717) is 0 Å². The highest BCUT2D eigenvalue weighted by atomic mass is 15.1. The van der Waals surface area contributed by atoms with E-state index in [0.717, 1.165) is 34.1 Å². The smallest absolute Gasteiger partial charge is 0.0462 e. The third-order valence-corrected chi connectivity index (χ3v) is 12.6. The number of anilines is 6. The highest BCUT2D eigenvalue weighted by Gasteiger charge is 2.38. The summed E-state index contributed by atoms with van der Waals surface area (Å²) in [5.41, 5.74) is 16.9. The van der Waals surface area contributed by atoms with Crippen LogP contribution in [0.15, 0.2) is 231 Å². The molecule has 11 rings (SSSR count). The van der Waals surface area contributed by atoms with E-state index in [1.807, 2.05) is 0 Å². The molecule has 0 bridgehead atoms. The minimum atomic E-state index is -0.207. The summed E-state index contributed by atoms with van der Waals surface area (Å²) in [4.78, 5) is 4.63. The van der Waals surface area contributed by atoms with E-state index in [1.54, 1.807) is 0 Å². The van der Waals surface area contributed by atoms with Crippen molar-refractivity contribution in [3.8, 4) is 33.4 Å². The van der Waals surface area contributed by atoms with Crippen LogP contribution in [0.5, 0.6) is 0 Å². The van der Waals surface area contributed by atoms with Gasteiger partial charge in [0.15, 0.2) is 0 Å². The Bertz CT molecular complexity index is 3100. The van der Waals surface area contributed by atoms with E-state index in [9.17, 15) is 0 Å². The first-order chi connectivity index (χ1) is 30.0. The predicted molar refractivity (Wildman–Crippen MR) is 259 cm³/mol. The van der Waals surface area contributed by atoms with Crippen LogP contribution in [0.2, 0.25) is 0 Å². The molecule has 2 nitrogen and oxygen atoms in total. The van der Waals surface area contributed by atoms with Crippen LogP contribution in [0.25, 0.3) is 54.9 Å². The van der Waals surface area contributed by atoms with E-state index in [2.05, 4.69) is 254 Å². The summed E-state index contributed by atoms with van der Waals surface area (Å²) in [6.07, 6.45) is 0. The van der Waals surface area contributed by atoms with Crippen molar-refractivity contribution in [2.45, 2.75) is 19.3 Å². The molecule has 0 amide bonds. The van der Waals surface area contributed by atoms with E-state index in [4.69, 9.17) is 0 Å². The summed E-state index contributed by atoms with van der Waals surface area (Å²) >= 11 is 0. The number of rotatable bonds is 8. The first-order valence-corrected chi connectivity index (χ1v) is 21.2. The summed E-state index contributed by atoms with van der Waals surface area (Å²) < 4.78 is 0. The van der Waals surface area contributed by atoms with Gasteiger partial charge in [-0.1, -0.05) is 159 Å². The summed E-state index contributed by atoms with van der Waals surface area (Å²) in [6.45, 7) is 4.82. The van der Waals surface area contributed by atoms with Crippen molar-refractivity contribution in [2.75, 3.05) is 9.80 Å². The Morgan fingerprint density at radius 3 is 1.15 bits per heavy atom. The zero-order chi connectivity index (χ0) is 40.9. The number of benzene rings is 10. The van der Waals surface area contributed by atoms with Crippen LogP contribution in [0, 0.1) is 0 Å². The minimum absolute atomic E-state index is 0.207. The summed E-state index contributed by atoms with van der Waals surface area (Å²) in [5, 5.41) is 5.22. The standard InChI is InChI=1S/C59H44N2/c1-59(2)56-40-44(42-29-35-50(36-30-42)61(47-21-11-5-12-22-47)48-23-13-6-14-24-48)32-38-54(56)57-52-26-16-15-25-51(52)55-39-43(31-37-53(55)58(57)59)41-27-33-49(34-28-41)60(45-17-7-3-8-18-45)46-19-9-4-10-20-46/h3-40H,1-2H3. The normalized spacial score (nSPS) is 12.6. The zero-order valence-electron chi connectivity index (χ0n) is 34.3. The third-order valence-electron chi connectivity index (χ3n) is 12.6. The number of nitrogens with zero attached hydrogens (tertiary/aromatic N) is 2. The molecule has 0 fully saturated rings. The SMILES string of the molecule is CC1(C)c2cc(-c3ccc(N(c4ccccc4)c4ccccc4)cc3)ccc2-c2c1c1ccc(-c3ccc(N(c4ccccc4)c4ccccc4)cc3)cc1c1ccccc21. The number of hydrogen-bond donors (Lipinski definition) is 0. The second-order valence-corrected chi connectivity index (χ2v) is 16.5. The van der Waals surface area contributed by atoms with Gasteiger partial charge in [0.05, 0.1) is 0 Å². The fraction of sp³-hybridized carbons (Fsp3) is 0.0508. The monoisotopic (exact) mass is 780 g/mol. The fourth-order valence-electron chi connectivity index (χ4n) is 9.70. The molecule has 0 heterocycles. The zero-order valence-corrected chi connectivity index (χ0v) is 34.3. The van der Waals surface area contributed by atoms with Crippen molar-refractivity contribution in [1.29, 1.82) is 0 Å². The van der Waals surface area contributed by atoms with Crippen molar-refractivity contribution in [3.05, 3.63) is 242 Å². The second kappa shape index (κ2) is 14.9. The first-order valence-electron chi connectivity index (χ1n) is 21.2. The van der Waals surface area contributed by atoms with Gasteiger partial charge in [-0.2, -0.15) is 0 Å². The van der Waals surface area contributed by atoms with Gasteiger partial charge >= 0.3 is 0 Å². The number of hydrogen-bond acceptors (Lipinski definition) is 2. The Hall–Kier alpha value is -7.68. The van der Waals surface area contributed by atoms with Gasteiger partial charge in [-0.25, -0.2) is 0 Å². The van der Waals surface area contributed by atoms with Crippen LogP contribution < -0.4 is 9.80 Å². The van der Waals surface area contributed by atoms with E-state index < -0.39 is 0 Å². The van der Waals surface area contributed by atoms with Crippen LogP contribution >= 0.6 is 0 Å². The van der Waals surface area contributed by atoms with Gasteiger partial charge in [0.2, 0.25) is 0 Å². The van der Waals surface area contributed by atoms with Gasteiger partial charge in [-0.05, 0) is 151 Å². The Balaban J connectivity index is 0.963. The van der Waals surface area contributed by atoms with E-state index >= 15 is 0 Å². The number of para-hydroxylation sites is 4. The molecule has 0 aliphatic heterocycles. The Morgan fingerprint density at radius 2 is 0.672 bits per heavy atom. The maximum Gasteiger partial charge on any atom is 0.0462 e. The predicted octanol–water partition coefficient (Wildman–Crippen LogP) is 16.6. The van der Waals surface area contributed by atoms with Gasteiger partial charge in [-0.15, -0.1) is 0 Å². The molecule has 10 aromatic carbocycles. The van der Waals surface area contributed by atoms with Crippen molar-refractivity contribution in [1.82, 2.24) is 0 Å². The van der Waals surface area contributed by atoms with Crippen LogP contribution in [0.4, 0.5) is 34.1 Å². The van der Waals surface area contributed by atoms with Crippen LogP contribution in [0.1, 0.15) is 25.0 Å². The van der Waals surface area contributed by atoms with Crippen molar-refractivity contribution in [2.24, 2.45) is 0 Å². The minimum Gasteiger partial charge on any atom is -0.311 e. The lowest BCUT2D eigenvalue weighted by Crippen LogP contribution is -2.15. The second-order valence-electron chi connectivity index (χ2n) is 16.5. The molecule has 0 saturated heterocycles. The van der Waals surface area contributed by atoms with Gasteiger partial charge in [-0.3, -0.25) is 0 Å². The molecule has 1 aliphatic carbocycles. The molecule has 2 heteroatoms. The summed E-state index contributed by atoms with van der Waals surface area (Å²) in [7, 11) is 0. The molecule has 10 aromatic rings. The van der Waals surface area contributed by atoms with Crippen LogP contribution in [-0.2, 0) is 5.41 Å². The molecule has 290 valence electrons. The molecule has 0 spiro atoms. The molecule has 1 aliphatic rings. The molecular formula is C59H44N2. The quantitative estimate of drug-likeness (QED) is 0.142. The summed E-state index contributed by atoms with van der Waals surface area (Å²) in [5.74, 6) is 0. The maximum absolute atomic E-state index is 2.45. The molecule has 0 atom stereocenters. The van der Waals surface area contributed by atoms with Crippen LogP contribution in [-0.4, -0.2) is 0 Å². The van der Waals surface area contributed by atoms with Crippen molar-refractivity contribution in [3.63, 3.8) is 0 Å². The lowest BCUT2D eigenvalue weighted by Gasteiger charge is -2.26. The van der Waals surface area contributed by atoms with E-state index in [1.165, 1.54) is 66.1 Å². The first kappa shape index (κ1) is 36.4. The Labute approximate surface area is 358 Å². The third kappa shape index (κ3) is 6.27. The molecule has 0 N–H and O–H groups in total. The summed E-state index contributed by atoms with van der Waals surface area (Å²) in [6, 6.07) is 83.7.